The van der Waals surface area contributed by atoms with Gasteiger partial charge in [0.1, 0.15) is 5.82 Å². The van der Waals surface area contributed by atoms with Crippen molar-refractivity contribution in [2.75, 3.05) is 0 Å². The molecule has 0 radical (unpaired) electrons. The standard InChI is InChI=1S/C26H17N5O/c1-2-8-22-19(7-1)20-17-30-21(16-23(20)31(22)24-9-3-5-12-27-24)18-11-14-29-26(15-18)32-25-10-4-6-13-28-25/h1-17H. The van der Waals surface area contributed by atoms with Crippen molar-refractivity contribution in [3.05, 3.63) is 104 Å². The molecule has 0 atom stereocenters. The predicted molar refractivity (Wildman–Crippen MR) is 124 cm³/mol. The second-order valence-corrected chi connectivity index (χ2v) is 7.28. The van der Waals surface area contributed by atoms with E-state index in [1.54, 1.807) is 18.5 Å². The Bertz CT molecular complexity index is 1550. The quantitative estimate of drug-likeness (QED) is 0.363. The summed E-state index contributed by atoms with van der Waals surface area (Å²) in [6.07, 6.45) is 7.13. The molecule has 6 aromatic rings. The fraction of sp³-hybridized carbons (Fsp3) is 0. The van der Waals surface area contributed by atoms with Crippen LogP contribution in [0.25, 0.3) is 38.9 Å². The lowest BCUT2D eigenvalue weighted by Gasteiger charge is -2.08. The lowest BCUT2D eigenvalue weighted by molar-refractivity contribution is 0.445. The number of para-hydroxylation sites is 1. The zero-order chi connectivity index (χ0) is 21.3. The molecule has 0 aliphatic rings. The predicted octanol–water partition coefficient (Wildman–Crippen LogP) is 5.82. The zero-order valence-electron chi connectivity index (χ0n) is 17.0. The second kappa shape index (κ2) is 7.59. The van der Waals surface area contributed by atoms with Gasteiger partial charge in [-0.05, 0) is 36.4 Å². The third kappa shape index (κ3) is 3.15. The van der Waals surface area contributed by atoms with Crippen LogP contribution >= 0.6 is 0 Å². The minimum absolute atomic E-state index is 0.466. The Labute approximate surface area is 183 Å². The van der Waals surface area contributed by atoms with Crippen molar-refractivity contribution in [2.24, 2.45) is 0 Å². The summed E-state index contributed by atoms with van der Waals surface area (Å²) >= 11 is 0. The molecule has 6 heteroatoms. The molecule has 0 spiro atoms. The fourth-order valence-corrected chi connectivity index (χ4v) is 3.89. The highest BCUT2D eigenvalue weighted by molar-refractivity contribution is 6.09. The molecule has 0 aliphatic heterocycles. The summed E-state index contributed by atoms with van der Waals surface area (Å²) in [6.45, 7) is 0. The van der Waals surface area contributed by atoms with Gasteiger partial charge < -0.3 is 4.74 Å². The molecule has 0 aliphatic carbocycles. The van der Waals surface area contributed by atoms with Crippen molar-refractivity contribution in [3.8, 4) is 28.8 Å². The summed E-state index contributed by atoms with van der Waals surface area (Å²) in [7, 11) is 0. The van der Waals surface area contributed by atoms with Crippen LogP contribution in [0.2, 0.25) is 0 Å². The number of pyridine rings is 4. The first-order valence-electron chi connectivity index (χ1n) is 10.2. The molecule has 6 nitrogen and oxygen atoms in total. The van der Waals surface area contributed by atoms with Crippen LogP contribution in [0, 0.1) is 0 Å². The van der Waals surface area contributed by atoms with Gasteiger partial charge in [-0.2, -0.15) is 0 Å². The Kier molecular flexibility index (Phi) is 4.32. The summed E-state index contributed by atoms with van der Waals surface area (Å²) in [5, 5.41) is 2.22. The van der Waals surface area contributed by atoms with Crippen LogP contribution in [-0.4, -0.2) is 24.5 Å². The van der Waals surface area contributed by atoms with E-state index < -0.39 is 0 Å². The van der Waals surface area contributed by atoms with Gasteiger partial charge >= 0.3 is 0 Å². The first kappa shape index (κ1) is 18.2. The summed E-state index contributed by atoms with van der Waals surface area (Å²) in [5.74, 6) is 1.83. The Hall–Kier alpha value is -4.58. The van der Waals surface area contributed by atoms with E-state index in [0.717, 1.165) is 38.9 Å². The van der Waals surface area contributed by atoms with Crippen LogP contribution in [0.1, 0.15) is 0 Å². The van der Waals surface area contributed by atoms with Crippen molar-refractivity contribution in [1.82, 2.24) is 24.5 Å². The SMILES string of the molecule is c1ccc(Oc2cc(-c3cc4c(cn3)c3ccccc3n4-c3ccccn3)ccn2)nc1. The van der Waals surface area contributed by atoms with Crippen molar-refractivity contribution in [1.29, 1.82) is 0 Å². The van der Waals surface area contributed by atoms with E-state index in [9.17, 15) is 0 Å². The number of hydrogen-bond acceptors (Lipinski definition) is 5. The number of rotatable bonds is 4. The zero-order valence-corrected chi connectivity index (χ0v) is 17.0. The molecule has 0 amide bonds. The van der Waals surface area contributed by atoms with Crippen molar-refractivity contribution < 1.29 is 4.74 Å². The number of aromatic nitrogens is 5. The van der Waals surface area contributed by atoms with E-state index in [1.165, 1.54) is 0 Å². The molecule has 0 unspecified atom stereocenters. The van der Waals surface area contributed by atoms with Crippen LogP contribution in [-0.2, 0) is 0 Å². The van der Waals surface area contributed by atoms with E-state index in [0.29, 0.717) is 11.8 Å². The number of hydrogen-bond donors (Lipinski definition) is 0. The lowest BCUT2D eigenvalue weighted by atomic mass is 10.1. The number of fused-ring (bicyclic) bond motifs is 3. The van der Waals surface area contributed by atoms with Gasteiger partial charge in [-0.3, -0.25) is 9.55 Å². The Balaban J connectivity index is 1.50. The molecule has 32 heavy (non-hydrogen) atoms. The smallest absolute Gasteiger partial charge is 0.221 e. The maximum atomic E-state index is 5.80. The fourth-order valence-electron chi connectivity index (χ4n) is 3.89. The lowest BCUT2D eigenvalue weighted by Crippen LogP contribution is -1.97. The Morgan fingerprint density at radius 1 is 0.594 bits per heavy atom. The number of nitrogens with zero attached hydrogens (tertiary/aromatic N) is 5. The monoisotopic (exact) mass is 415 g/mol. The number of ether oxygens (including phenoxy) is 1. The van der Waals surface area contributed by atoms with E-state index in [4.69, 9.17) is 9.72 Å². The molecule has 0 saturated heterocycles. The molecular formula is C26H17N5O. The molecule has 0 bridgehead atoms. The van der Waals surface area contributed by atoms with Crippen LogP contribution in [0.4, 0.5) is 0 Å². The van der Waals surface area contributed by atoms with Crippen LogP contribution in [0.5, 0.6) is 11.8 Å². The van der Waals surface area contributed by atoms with Crippen LogP contribution in [0.3, 0.4) is 0 Å². The third-order valence-electron chi connectivity index (χ3n) is 5.31. The molecule has 0 fully saturated rings. The van der Waals surface area contributed by atoms with Gasteiger partial charge in [-0.1, -0.05) is 30.3 Å². The first-order chi connectivity index (χ1) is 15.9. The van der Waals surface area contributed by atoms with E-state index >= 15 is 0 Å². The molecule has 0 N–H and O–H groups in total. The average molecular weight is 415 g/mol. The van der Waals surface area contributed by atoms with E-state index in [-0.39, 0.29) is 0 Å². The van der Waals surface area contributed by atoms with Gasteiger partial charge in [0, 0.05) is 53.3 Å². The van der Waals surface area contributed by atoms with Gasteiger partial charge in [0.25, 0.3) is 0 Å². The van der Waals surface area contributed by atoms with Gasteiger partial charge in [-0.15, -0.1) is 0 Å². The molecular weight excluding hydrogens is 398 g/mol. The molecule has 0 saturated carbocycles. The van der Waals surface area contributed by atoms with Crippen LogP contribution in [0.15, 0.2) is 104 Å². The van der Waals surface area contributed by atoms with Gasteiger partial charge in [0.2, 0.25) is 11.8 Å². The minimum atomic E-state index is 0.466. The Morgan fingerprint density at radius 3 is 2.25 bits per heavy atom. The Morgan fingerprint density at radius 2 is 1.41 bits per heavy atom. The van der Waals surface area contributed by atoms with E-state index in [1.807, 2.05) is 67.0 Å². The summed E-state index contributed by atoms with van der Waals surface area (Å²) in [4.78, 5) is 17.9. The molecule has 5 heterocycles. The molecule has 152 valence electrons. The summed E-state index contributed by atoms with van der Waals surface area (Å²) < 4.78 is 7.97. The summed E-state index contributed by atoms with van der Waals surface area (Å²) in [6, 6.07) is 25.6. The number of benzene rings is 1. The highest BCUT2D eigenvalue weighted by Gasteiger charge is 2.14. The van der Waals surface area contributed by atoms with Gasteiger partial charge in [0.05, 0.1) is 16.7 Å². The maximum Gasteiger partial charge on any atom is 0.221 e. The molecule has 5 aromatic heterocycles. The normalized spacial score (nSPS) is 11.1. The van der Waals surface area contributed by atoms with Crippen molar-refractivity contribution >= 4 is 21.8 Å². The van der Waals surface area contributed by atoms with Crippen LogP contribution < -0.4 is 4.74 Å². The highest BCUT2D eigenvalue weighted by Crippen LogP contribution is 2.33. The molecule has 1 aromatic carbocycles. The minimum Gasteiger partial charge on any atom is -0.421 e. The van der Waals surface area contributed by atoms with E-state index in [2.05, 4.69) is 37.7 Å². The van der Waals surface area contributed by atoms with Crippen molar-refractivity contribution in [2.45, 2.75) is 0 Å². The van der Waals surface area contributed by atoms with Crippen molar-refractivity contribution in [3.63, 3.8) is 0 Å². The summed E-state index contributed by atoms with van der Waals surface area (Å²) in [5.41, 5.74) is 3.87. The average Bonchev–Trinajstić information content (AvgIpc) is 3.19. The van der Waals surface area contributed by atoms with Gasteiger partial charge in [0.15, 0.2) is 0 Å². The topological polar surface area (TPSA) is 65.7 Å². The largest absolute Gasteiger partial charge is 0.421 e. The molecule has 6 rings (SSSR count). The van der Waals surface area contributed by atoms with Gasteiger partial charge in [-0.25, -0.2) is 15.0 Å². The maximum absolute atomic E-state index is 5.80. The second-order valence-electron chi connectivity index (χ2n) is 7.28. The first-order valence-corrected chi connectivity index (χ1v) is 10.2. The highest BCUT2D eigenvalue weighted by atomic mass is 16.5. The third-order valence-corrected chi connectivity index (χ3v) is 5.31.